The van der Waals surface area contributed by atoms with Crippen LogP contribution in [0, 0.1) is 5.82 Å². The highest BCUT2D eigenvalue weighted by atomic mass is 32.2. The molecule has 170 valence electrons. The van der Waals surface area contributed by atoms with Crippen LogP contribution in [0.15, 0.2) is 35.6 Å². The third-order valence-corrected chi connectivity index (χ3v) is 6.90. The second kappa shape index (κ2) is 8.34. The molecule has 8 nitrogen and oxygen atoms in total. The number of hydrogen-bond donors (Lipinski definition) is 3. The Balaban J connectivity index is 1.68. The molecular formula is C20H21F3N6O2S. The Labute approximate surface area is 186 Å². The number of amides is 1. The maximum absolute atomic E-state index is 15.1. The number of rotatable bonds is 5. The zero-order valence-electron chi connectivity index (χ0n) is 17.0. The molecule has 2 aliphatic rings. The Bertz CT molecular complexity index is 1070. The van der Waals surface area contributed by atoms with Gasteiger partial charge in [0.1, 0.15) is 22.7 Å². The van der Waals surface area contributed by atoms with Crippen LogP contribution in [0.4, 0.5) is 18.9 Å². The van der Waals surface area contributed by atoms with Crippen LogP contribution in [0.1, 0.15) is 41.0 Å². The van der Waals surface area contributed by atoms with Crippen molar-refractivity contribution in [2.75, 3.05) is 18.2 Å². The minimum Gasteiger partial charge on any atom is -0.381 e. The predicted molar refractivity (Wildman–Crippen MR) is 114 cm³/mol. The van der Waals surface area contributed by atoms with Gasteiger partial charge in [0.05, 0.1) is 24.0 Å². The maximum atomic E-state index is 15.1. The van der Waals surface area contributed by atoms with Crippen LogP contribution in [0.5, 0.6) is 0 Å². The first kappa shape index (κ1) is 22.5. The molecule has 1 fully saturated rings. The molecule has 5 N–H and O–H groups in total. The number of anilines is 1. The molecule has 1 aliphatic carbocycles. The average molecular weight is 466 g/mol. The summed E-state index contributed by atoms with van der Waals surface area (Å²) < 4.78 is 45.9. The fourth-order valence-corrected chi connectivity index (χ4v) is 5.21. The van der Waals surface area contributed by atoms with E-state index in [1.807, 2.05) is 0 Å². The normalized spacial score (nSPS) is 27.2. The van der Waals surface area contributed by atoms with Gasteiger partial charge in [-0.25, -0.2) is 23.1 Å². The summed E-state index contributed by atoms with van der Waals surface area (Å²) in [4.78, 5) is 24.3. The monoisotopic (exact) mass is 466 g/mol. The lowest BCUT2D eigenvalue weighted by molar-refractivity contribution is 0.101. The Morgan fingerprint density at radius 2 is 2.09 bits per heavy atom. The van der Waals surface area contributed by atoms with Crippen molar-refractivity contribution in [3.63, 3.8) is 0 Å². The smallest absolute Gasteiger partial charge is 0.281 e. The lowest BCUT2D eigenvalue weighted by Gasteiger charge is -2.43. The lowest BCUT2D eigenvalue weighted by Crippen LogP contribution is -2.58. The van der Waals surface area contributed by atoms with Gasteiger partial charge >= 0.3 is 0 Å². The highest BCUT2D eigenvalue weighted by Gasteiger charge is 2.60. The Morgan fingerprint density at radius 1 is 1.31 bits per heavy atom. The Morgan fingerprint density at radius 3 is 2.75 bits per heavy atom. The number of halogens is 3. The molecule has 0 unspecified atom stereocenters. The molecule has 0 radical (unpaired) electrons. The van der Waals surface area contributed by atoms with Gasteiger partial charge in [-0.1, -0.05) is 11.8 Å². The van der Waals surface area contributed by atoms with E-state index in [0.29, 0.717) is 23.8 Å². The summed E-state index contributed by atoms with van der Waals surface area (Å²) in [6.07, 6.45) is -0.451. The molecule has 1 aromatic carbocycles. The molecule has 0 saturated heterocycles. The van der Waals surface area contributed by atoms with Gasteiger partial charge in [0.2, 0.25) is 0 Å². The van der Waals surface area contributed by atoms with Crippen molar-refractivity contribution in [2.45, 2.75) is 36.4 Å². The first-order chi connectivity index (χ1) is 15.2. The average Bonchev–Trinajstić information content (AvgIpc) is 3.08. The maximum Gasteiger partial charge on any atom is 0.281 e. The van der Waals surface area contributed by atoms with Gasteiger partial charge in [-0.3, -0.25) is 9.78 Å². The molecule has 32 heavy (non-hydrogen) atoms. The van der Waals surface area contributed by atoms with E-state index in [1.165, 1.54) is 30.0 Å². The largest absolute Gasteiger partial charge is 0.381 e. The highest BCUT2D eigenvalue weighted by molar-refractivity contribution is 8.13. The summed E-state index contributed by atoms with van der Waals surface area (Å²) in [7, 11) is 1.56. The number of aliphatic imine (C=N–C) groups is 1. The van der Waals surface area contributed by atoms with Gasteiger partial charge in [-0.15, -0.1) is 0 Å². The number of nitrogens with one attached hydrogen (secondary N) is 1. The highest BCUT2D eigenvalue weighted by Crippen LogP contribution is 2.53. The fraction of sp³-hybridized carbons (Fsp3) is 0.400. The van der Waals surface area contributed by atoms with Crippen LogP contribution in [0.2, 0.25) is 0 Å². The Kier molecular flexibility index (Phi) is 5.86. The number of carbonyl (C=O) groups is 1. The SMILES string of the molecule is CO[C@@H]1C[C@@]2(N)CSC(N)=N[C@@]2(c2cc(NC(=O)c3cnc(C(F)F)cn3)ccc2F)C1. The third kappa shape index (κ3) is 3.82. The molecule has 1 amide bonds. The third-order valence-electron chi connectivity index (χ3n) is 5.85. The minimum absolute atomic E-state index is 0.164. The second-order valence-corrected chi connectivity index (χ2v) is 8.79. The second-order valence-electron chi connectivity index (χ2n) is 7.80. The number of thioether (sulfide) groups is 1. The van der Waals surface area contributed by atoms with Gasteiger partial charge in [0.25, 0.3) is 12.3 Å². The zero-order chi connectivity index (χ0) is 23.1. The molecule has 1 saturated carbocycles. The number of amidine groups is 1. The van der Waals surface area contributed by atoms with Crippen LogP contribution >= 0.6 is 11.8 Å². The number of aromatic nitrogens is 2. The summed E-state index contributed by atoms with van der Waals surface area (Å²) in [5, 5.41) is 2.88. The van der Waals surface area contributed by atoms with E-state index in [1.54, 1.807) is 7.11 Å². The van der Waals surface area contributed by atoms with E-state index in [2.05, 4.69) is 20.3 Å². The topological polar surface area (TPSA) is 129 Å². The molecule has 2 aromatic rings. The number of benzene rings is 1. The van der Waals surface area contributed by atoms with E-state index in [-0.39, 0.29) is 23.0 Å². The quantitative estimate of drug-likeness (QED) is 0.618. The van der Waals surface area contributed by atoms with Crippen LogP contribution in [0.25, 0.3) is 0 Å². The van der Waals surface area contributed by atoms with Crippen molar-refractivity contribution < 1.29 is 22.7 Å². The van der Waals surface area contributed by atoms with Crippen LogP contribution in [-0.4, -0.2) is 45.5 Å². The molecule has 4 rings (SSSR count). The van der Waals surface area contributed by atoms with Crippen LogP contribution in [0.3, 0.4) is 0 Å². The summed E-state index contributed by atoms with van der Waals surface area (Å²) in [5.41, 5.74) is 10.4. The van der Waals surface area contributed by atoms with Crippen LogP contribution < -0.4 is 16.8 Å². The number of ether oxygens (including phenoxy) is 1. The molecular weight excluding hydrogens is 445 g/mol. The van der Waals surface area contributed by atoms with E-state index in [0.717, 1.165) is 12.4 Å². The lowest BCUT2D eigenvalue weighted by atomic mass is 9.76. The fourth-order valence-electron chi connectivity index (χ4n) is 4.23. The first-order valence-electron chi connectivity index (χ1n) is 9.69. The first-order valence-corrected chi connectivity index (χ1v) is 10.7. The van der Waals surface area contributed by atoms with Crippen LogP contribution in [-0.2, 0) is 10.3 Å². The van der Waals surface area contributed by atoms with Gasteiger partial charge in [0.15, 0.2) is 5.17 Å². The van der Waals surface area contributed by atoms with E-state index >= 15 is 4.39 Å². The van der Waals surface area contributed by atoms with Crippen molar-refractivity contribution in [3.8, 4) is 0 Å². The summed E-state index contributed by atoms with van der Waals surface area (Å²) in [6.45, 7) is 0. The number of fused-ring (bicyclic) bond motifs is 1. The van der Waals surface area contributed by atoms with Crippen molar-refractivity contribution in [2.24, 2.45) is 16.5 Å². The van der Waals surface area contributed by atoms with Gasteiger partial charge in [0, 0.05) is 30.5 Å². The number of methoxy groups -OCH3 is 1. The number of alkyl halides is 2. The molecule has 0 bridgehead atoms. The number of nitrogens with two attached hydrogens (primary N) is 2. The standard InChI is InChI=1S/C20H21F3N6O2S/c1-31-11-5-19(25)9-32-18(24)29-20(19,6-11)12-4-10(2-3-13(12)21)28-17(30)15-8-26-14(7-27-15)16(22)23/h2-4,7-8,11,16H,5-6,9,25H2,1H3,(H2,24,29)(H,28,30)/t11-,19-,20-/m1/s1. The van der Waals surface area contributed by atoms with Crippen molar-refractivity contribution in [1.29, 1.82) is 0 Å². The van der Waals surface area contributed by atoms with Gasteiger partial charge in [-0.2, -0.15) is 0 Å². The summed E-state index contributed by atoms with van der Waals surface area (Å²) >= 11 is 1.31. The molecule has 1 aromatic heterocycles. The predicted octanol–water partition coefficient (Wildman–Crippen LogP) is 2.57. The van der Waals surface area contributed by atoms with Crippen molar-refractivity contribution in [3.05, 3.63) is 53.4 Å². The van der Waals surface area contributed by atoms with Gasteiger partial charge < -0.3 is 21.5 Å². The van der Waals surface area contributed by atoms with E-state index in [4.69, 9.17) is 16.2 Å². The molecule has 0 spiro atoms. The molecule has 3 atom stereocenters. The molecule has 2 heterocycles. The van der Waals surface area contributed by atoms with E-state index in [9.17, 15) is 13.6 Å². The number of carbonyl (C=O) groups excluding carboxylic acids is 1. The number of nitrogens with zero attached hydrogens (tertiary/aromatic N) is 3. The molecule has 12 heteroatoms. The minimum atomic E-state index is -2.79. The molecule has 1 aliphatic heterocycles. The van der Waals surface area contributed by atoms with Crippen molar-refractivity contribution >= 4 is 28.5 Å². The Hall–Kier alpha value is -2.70. The van der Waals surface area contributed by atoms with E-state index < -0.39 is 34.9 Å². The van der Waals surface area contributed by atoms with Gasteiger partial charge in [-0.05, 0) is 24.6 Å². The zero-order valence-corrected chi connectivity index (χ0v) is 17.8. The summed E-state index contributed by atoms with van der Waals surface area (Å²) in [6, 6.07) is 4.04. The summed E-state index contributed by atoms with van der Waals surface area (Å²) in [5.74, 6) is -0.792. The number of hydrogen-bond acceptors (Lipinski definition) is 8. The van der Waals surface area contributed by atoms with Crippen molar-refractivity contribution in [1.82, 2.24) is 9.97 Å².